The Labute approximate surface area is 198 Å². The number of nitrogens with one attached hydrogen (secondary N) is 1. The lowest BCUT2D eigenvalue weighted by atomic mass is 10.1. The first-order valence-electron chi connectivity index (χ1n) is 9.34. The number of nitriles is 1. The molecule has 0 saturated carbocycles. The number of halogens is 2. The second kappa shape index (κ2) is 10.5. The predicted molar refractivity (Wildman–Crippen MR) is 124 cm³/mol. The first-order valence-corrected chi connectivity index (χ1v) is 10.1. The minimum Gasteiger partial charge on any atom is -0.506 e. The van der Waals surface area contributed by atoms with E-state index in [0.717, 1.165) is 17.7 Å². The van der Waals surface area contributed by atoms with Crippen LogP contribution in [0.25, 0.3) is 6.08 Å². The number of benzene rings is 3. The molecule has 10 heteroatoms. The number of rotatable bonds is 7. The van der Waals surface area contributed by atoms with Crippen molar-refractivity contribution < 1.29 is 19.6 Å². The van der Waals surface area contributed by atoms with Gasteiger partial charge in [0.05, 0.1) is 16.7 Å². The number of non-ortho nitro benzene ring substituents is 1. The monoisotopic (exact) mass is 483 g/mol. The summed E-state index contributed by atoms with van der Waals surface area (Å²) in [5, 5.41) is 33.4. The number of phenols is 1. The summed E-state index contributed by atoms with van der Waals surface area (Å²) in [4.78, 5) is 22.5. The van der Waals surface area contributed by atoms with Crippen LogP contribution in [0.5, 0.6) is 11.5 Å². The topological polar surface area (TPSA) is 125 Å². The highest BCUT2D eigenvalue weighted by Crippen LogP contribution is 2.28. The standard InChI is InChI=1S/C23H15Cl2N3O5/c24-17-4-3-15(20(25)10-17)13-33-19-6-1-14(2-7-19)9-16(12-26)23(30)27-21-8-5-18(28(31)32)11-22(21)29/h1-11,29H,13H2,(H,27,30)/b16-9+. The average Bonchev–Trinajstić information content (AvgIpc) is 2.78. The number of nitrogens with zero attached hydrogens (tertiary/aromatic N) is 2. The smallest absolute Gasteiger partial charge is 0.273 e. The summed E-state index contributed by atoms with van der Waals surface area (Å²) in [6, 6.07) is 16.8. The Kier molecular flexibility index (Phi) is 7.51. The van der Waals surface area contributed by atoms with Gasteiger partial charge >= 0.3 is 0 Å². The van der Waals surface area contributed by atoms with E-state index in [4.69, 9.17) is 27.9 Å². The molecule has 0 spiro atoms. The maximum atomic E-state index is 12.4. The fourth-order valence-electron chi connectivity index (χ4n) is 2.70. The van der Waals surface area contributed by atoms with Gasteiger partial charge in [0.2, 0.25) is 0 Å². The van der Waals surface area contributed by atoms with Crippen molar-refractivity contribution in [3.8, 4) is 17.6 Å². The first-order chi connectivity index (χ1) is 15.8. The van der Waals surface area contributed by atoms with E-state index < -0.39 is 16.6 Å². The third kappa shape index (κ3) is 6.23. The number of carbonyl (C=O) groups excluding carboxylic acids is 1. The molecular formula is C23H15Cl2N3O5. The molecule has 0 aliphatic heterocycles. The maximum Gasteiger partial charge on any atom is 0.273 e. The molecule has 3 aromatic rings. The number of ether oxygens (including phenoxy) is 1. The average molecular weight is 484 g/mol. The van der Waals surface area contributed by atoms with Crippen LogP contribution in [0.2, 0.25) is 10.0 Å². The lowest BCUT2D eigenvalue weighted by molar-refractivity contribution is -0.384. The molecule has 3 rings (SSSR count). The normalized spacial score (nSPS) is 10.9. The van der Waals surface area contributed by atoms with Crippen LogP contribution in [0.1, 0.15) is 11.1 Å². The fourth-order valence-corrected chi connectivity index (χ4v) is 3.17. The van der Waals surface area contributed by atoms with Gasteiger partial charge < -0.3 is 15.2 Å². The van der Waals surface area contributed by atoms with Gasteiger partial charge in [0.15, 0.2) is 0 Å². The molecule has 0 aromatic heterocycles. The Morgan fingerprint density at radius 3 is 2.48 bits per heavy atom. The second-order valence-corrected chi connectivity index (χ2v) is 7.52. The highest BCUT2D eigenvalue weighted by molar-refractivity contribution is 6.35. The van der Waals surface area contributed by atoms with Crippen LogP contribution in [-0.2, 0) is 11.4 Å². The van der Waals surface area contributed by atoms with E-state index in [2.05, 4.69) is 5.32 Å². The summed E-state index contributed by atoms with van der Waals surface area (Å²) in [5.41, 5.74) is 0.711. The SMILES string of the molecule is N#C/C(=C\c1ccc(OCc2ccc(Cl)cc2Cl)cc1)C(=O)Nc1ccc([N+](=O)[O-])cc1O. The Morgan fingerprint density at radius 1 is 1.15 bits per heavy atom. The Hall–Kier alpha value is -4.06. The van der Waals surface area contributed by atoms with Gasteiger partial charge in [0.25, 0.3) is 11.6 Å². The van der Waals surface area contributed by atoms with Crippen LogP contribution in [-0.4, -0.2) is 15.9 Å². The van der Waals surface area contributed by atoms with Crippen molar-refractivity contribution in [2.24, 2.45) is 0 Å². The Morgan fingerprint density at radius 2 is 1.88 bits per heavy atom. The third-order valence-electron chi connectivity index (χ3n) is 4.41. The lowest BCUT2D eigenvalue weighted by Crippen LogP contribution is -2.13. The maximum absolute atomic E-state index is 12.4. The molecule has 0 saturated heterocycles. The fraction of sp³-hybridized carbons (Fsp3) is 0.0435. The quantitative estimate of drug-likeness (QED) is 0.145. The van der Waals surface area contributed by atoms with Crippen LogP contribution in [0.15, 0.2) is 66.2 Å². The number of hydrogen-bond acceptors (Lipinski definition) is 6. The first kappa shape index (κ1) is 23.6. The molecule has 8 nitrogen and oxygen atoms in total. The number of hydrogen-bond donors (Lipinski definition) is 2. The molecule has 0 unspecified atom stereocenters. The van der Waals surface area contributed by atoms with E-state index in [-0.39, 0.29) is 23.6 Å². The zero-order chi connectivity index (χ0) is 24.0. The molecule has 2 N–H and O–H groups in total. The molecule has 0 radical (unpaired) electrons. The van der Waals surface area contributed by atoms with E-state index in [1.54, 1.807) is 48.5 Å². The Bertz CT molecular complexity index is 1280. The summed E-state index contributed by atoms with van der Waals surface area (Å²) in [5.74, 6) is -0.714. The zero-order valence-electron chi connectivity index (χ0n) is 16.8. The van der Waals surface area contributed by atoms with Gasteiger partial charge in [0.1, 0.15) is 29.7 Å². The molecule has 0 fully saturated rings. The van der Waals surface area contributed by atoms with Crippen molar-refractivity contribution in [1.29, 1.82) is 5.26 Å². The van der Waals surface area contributed by atoms with Gasteiger partial charge in [-0.3, -0.25) is 14.9 Å². The highest BCUT2D eigenvalue weighted by Gasteiger charge is 2.15. The van der Waals surface area contributed by atoms with E-state index in [1.807, 2.05) is 0 Å². The van der Waals surface area contributed by atoms with Crippen molar-refractivity contribution >= 4 is 46.6 Å². The van der Waals surface area contributed by atoms with Crippen molar-refractivity contribution in [3.63, 3.8) is 0 Å². The van der Waals surface area contributed by atoms with Gasteiger partial charge in [-0.15, -0.1) is 0 Å². The lowest BCUT2D eigenvalue weighted by Gasteiger charge is -2.09. The second-order valence-electron chi connectivity index (χ2n) is 6.68. The molecule has 1 amide bonds. The predicted octanol–water partition coefficient (Wildman–Crippen LogP) is 5.73. The molecule has 166 valence electrons. The largest absolute Gasteiger partial charge is 0.506 e. The van der Waals surface area contributed by atoms with E-state index >= 15 is 0 Å². The molecule has 0 aliphatic carbocycles. The summed E-state index contributed by atoms with van der Waals surface area (Å²) in [6.45, 7) is 0.232. The van der Waals surface area contributed by atoms with E-state index in [9.17, 15) is 25.3 Å². The number of phenolic OH excluding ortho intramolecular Hbond substituents is 1. The van der Waals surface area contributed by atoms with Gasteiger partial charge in [0, 0.05) is 21.7 Å². The minimum absolute atomic E-state index is 0.0589. The number of carbonyl (C=O) groups is 1. The number of nitro groups is 1. The molecular weight excluding hydrogens is 469 g/mol. The number of nitro benzene ring substituents is 1. The van der Waals surface area contributed by atoms with E-state index in [0.29, 0.717) is 21.4 Å². The minimum atomic E-state index is -0.778. The zero-order valence-corrected chi connectivity index (χ0v) is 18.3. The van der Waals surface area contributed by atoms with E-state index in [1.165, 1.54) is 12.1 Å². The van der Waals surface area contributed by atoms with Crippen LogP contribution in [0.4, 0.5) is 11.4 Å². The van der Waals surface area contributed by atoms with Crippen molar-refractivity contribution in [2.45, 2.75) is 6.61 Å². The van der Waals surface area contributed by atoms with Crippen molar-refractivity contribution in [1.82, 2.24) is 0 Å². The third-order valence-corrected chi connectivity index (χ3v) is 4.99. The molecule has 0 atom stereocenters. The summed E-state index contributed by atoms with van der Waals surface area (Å²) < 4.78 is 5.70. The van der Waals surface area contributed by atoms with Crippen LogP contribution in [0, 0.1) is 21.4 Å². The summed E-state index contributed by atoms with van der Waals surface area (Å²) in [6.07, 6.45) is 1.36. The van der Waals surface area contributed by atoms with Gasteiger partial charge in [-0.05, 0) is 42.0 Å². The summed E-state index contributed by atoms with van der Waals surface area (Å²) >= 11 is 12.0. The molecule has 3 aromatic carbocycles. The number of anilines is 1. The van der Waals surface area contributed by atoms with Crippen LogP contribution in [0.3, 0.4) is 0 Å². The number of amides is 1. The molecule has 33 heavy (non-hydrogen) atoms. The van der Waals surface area contributed by atoms with Crippen LogP contribution >= 0.6 is 23.2 Å². The van der Waals surface area contributed by atoms with Crippen molar-refractivity contribution in [2.75, 3.05) is 5.32 Å². The van der Waals surface area contributed by atoms with Gasteiger partial charge in [-0.25, -0.2) is 0 Å². The van der Waals surface area contributed by atoms with Crippen molar-refractivity contribution in [3.05, 3.63) is 97.5 Å². The Balaban J connectivity index is 1.67. The highest BCUT2D eigenvalue weighted by atomic mass is 35.5. The molecule has 0 bridgehead atoms. The summed E-state index contributed by atoms with van der Waals surface area (Å²) in [7, 11) is 0. The molecule has 0 aliphatic rings. The van der Waals surface area contributed by atoms with Gasteiger partial charge in [-0.2, -0.15) is 5.26 Å². The van der Waals surface area contributed by atoms with Crippen LogP contribution < -0.4 is 10.1 Å². The molecule has 0 heterocycles. The van der Waals surface area contributed by atoms with Gasteiger partial charge in [-0.1, -0.05) is 41.4 Å². The number of aromatic hydroxyl groups is 1.